The Morgan fingerprint density at radius 1 is 1.18 bits per heavy atom. The number of aromatic nitrogens is 3. The van der Waals surface area contributed by atoms with Gasteiger partial charge in [0.1, 0.15) is 11.3 Å². The maximum atomic E-state index is 9.51. The molecule has 0 spiro atoms. The smallest absolute Gasteiger partial charge is 0.212 e. The van der Waals surface area contributed by atoms with Crippen LogP contribution in [-0.2, 0) is 0 Å². The topological polar surface area (TPSA) is 50.9 Å². The Morgan fingerprint density at radius 2 is 1.94 bits per heavy atom. The number of imidazole rings is 1. The number of fused-ring (bicyclic) bond motifs is 1. The van der Waals surface area contributed by atoms with E-state index in [4.69, 9.17) is 0 Å². The van der Waals surface area contributed by atoms with Crippen molar-refractivity contribution in [2.75, 3.05) is 0 Å². The van der Waals surface area contributed by atoms with E-state index in [1.165, 1.54) is 32.1 Å². The third-order valence-electron chi connectivity index (χ3n) is 3.64. The summed E-state index contributed by atoms with van der Waals surface area (Å²) in [5, 5.41) is 9.51. The summed E-state index contributed by atoms with van der Waals surface area (Å²) in [6.45, 7) is 2.02. The lowest BCUT2D eigenvalue weighted by Gasteiger charge is -2.24. The van der Waals surface area contributed by atoms with E-state index >= 15 is 0 Å². The number of hydrogen-bond acceptors (Lipinski definition) is 3. The number of pyridine rings is 1. The minimum atomic E-state index is 0.0782. The monoisotopic (exact) mass is 231 g/mol. The number of aromatic hydroxyl groups is 1. The fraction of sp³-hybridized carbons (Fsp3) is 0.538. The lowest BCUT2D eigenvalue weighted by molar-refractivity contribution is 0.353. The molecule has 2 aromatic heterocycles. The Kier molecular flexibility index (Phi) is 2.50. The van der Waals surface area contributed by atoms with Crippen LogP contribution in [0.4, 0.5) is 0 Å². The first-order chi connectivity index (χ1) is 8.25. The van der Waals surface area contributed by atoms with Crippen molar-refractivity contribution in [1.29, 1.82) is 0 Å². The van der Waals surface area contributed by atoms with E-state index in [0.29, 0.717) is 6.04 Å². The van der Waals surface area contributed by atoms with E-state index in [0.717, 1.165) is 17.0 Å². The largest absolute Gasteiger partial charge is 0.493 e. The van der Waals surface area contributed by atoms with Gasteiger partial charge in [-0.15, -0.1) is 0 Å². The van der Waals surface area contributed by atoms with Crippen molar-refractivity contribution in [3.8, 4) is 5.88 Å². The molecule has 2 aromatic rings. The van der Waals surface area contributed by atoms with Crippen molar-refractivity contribution in [3.63, 3.8) is 0 Å². The first-order valence-corrected chi connectivity index (χ1v) is 6.30. The summed E-state index contributed by atoms with van der Waals surface area (Å²) < 4.78 is 2.20. The van der Waals surface area contributed by atoms with Crippen molar-refractivity contribution in [2.45, 2.75) is 45.1 Å². The zero-order valence-corrected chi connectivity index (χ0v) is 10.1. The quantitative estimate of drug-likeness (QED) is 0.821. The van der Waals surface area contributed by atoms with Gasteiger partial charge in [0.25, 0.3) is 0 Å². The highest BCUT2D eigenvalue weighted by Crippen LogP contribution is 2.32. The normalized spacial score (nSPS) is 17.7. The molecule has 0 atom stereocenters. The second-order valence-electron chi connectivity index (χ2n) is 4.83. The van der Waals surface area contributed by atoms with Crippen LogP contribution in [0.5, 0.6) is 5.88 Å². The number of hydrogen-bond donors (Lipinski definition) is 1. The van der Waals surface area contributed by atoms with Crippen molar-refractivity contribution >= 4 is 11.2 Å². The molecule has 0 radical (unpaired) electrons. The zero-order chi connectivity index (χ0) is 11.8. The van der Waals surface area contributed by atoms with Crippen molar-refractivity contribution in [2.24, 2.45) is 0 Å². The van der Waals surface area contributed by atoms with Gasteiger partial charge in [0, 0.05) is 12.1 Å². The van der Waals surface area contributed by atoms with Gasteiger partial charge < -0.3 is 9.67 Å². The Balaban J connectivity index is 2.13. The molecule has 0 saturated heterocycles. The molecular weight excluding hydrogens is 214 g/mol. The second kappa shape index (κ2) is 4.02. The summed E-state index contributed by atoms with van der Waals surface area (Å²) >= 11 is 0. The van der Waals surface area contributed by atoms with Gasteiger partial charge in [-0.05, 0) is 25.8 Å². The molecule has 17 heavy (non-hydrogen) atoms. The predicted octanol–water partition coefficient (Wildman–Crippen LogP) is 2.95. The zero-order valence-electron chi connectivity index (χ0n) is 10.1. The van der Waals surface area contributed by atoms with Crippen LogP contribution in [0.25, 0.3) is 11.2 Å². The lowest BCUT2D eigenvalue weighted by Crippen LogP contribution is -2.14. The van der Waals surface area contributed by atoms with E-state index < -0.39 is 0 Å². The minimum absolute atomic E-state index is 0.0782. The summed E-state index contributed by atoms with van der Waals surface area (Å²) in [6, 6.07) is 3.94. The molecule has 2 heterocycles. The van der Waals surface area contributed by atoms with Gasteiger partial charge in [-0.25, -0.2) is 4.98 Å². The Hall–Kier alpha value is -1.58. The second-order valence-corrected chi connectivity index (χ2v) is 4.83. The van der Waals surface area contributed by atoms with Crippen LogP contribution in [0, 0.1) is 6.92 Å². The van der Waals surface area contributed by atoms with E-state index in [1.807, 2.05) is 13.0 Å². The van der Waals surface area contributed by atoms with E-state index in [1.54, 1.807) is 6.07 Å². The molecule has 1 fully saturated rings. The maximum absolute atomic E-state index is 9.51. The summed E-state index contributed by atoms with van der Waals surface area (Å²) in [4.78, 5) is 8.75. The van der Waals surface area contributed by atoms with Crippen LogP contribution in [-0.4, -0.2) is 19.6 Å². The average Bonchev–Trinajstić information content (AvgIpc) is 2.65. The molecule has 3 rings (SSSR count). The lowest BCUT2D eigenvalue weighted by atomic mass is 9.95. The van der Waals surface area contributed by atoms with Crippen LogP contribution in [0.2, 0.25) is 0 Å². The van der Waals surface area contributed by atoms with Crippen molar-refractivity contribution < 1.29 is 5.11 Å². The highest BCUT2D eigenvalue weighted by molar-refractivity contribution is 5.72. The van der Waals surface area contributed by atoms with Crippen LogP contribution < -0.4 is 0 Å². The first-order valence-electron chi connectivity index (χ1n) is 6.30. The molecule has 0 amide bonds. The van der Waals surface area contributed by atoms with Gasteiger partial charge in [-0.1, -0.05) is 19.3 Å². The van der Waals surface area contributed by atoms with Crippen LogP contribution >= 0.6 is 0 Å². The fourth-order valence-corrected chi connectivity index (χ4v) is 2.85. The van der Waals surface area contributed by atoms with E-state index in [9.17, 15) is 5.11 Å². The fourth-order valence-electron chi connectivity index (χ4n) is 2.85. The molecule has 0 unspecified atom stereocenters. The molecule has 0 aliphatic heterocycles. The molecule has 4 heteroatoms. The predicted molar refractivity (Wildman–Crippen MR) is 66.1 cm³/mol. The highest BCUT2D eigenvalue weighted by atomic mass is 16.3. The summed E-state index contributed by atoms with van der Waals surface area (Å²) in [6.07, 6.45) is 6.29. The van der Waals surface area contributed by atoms with Gasteiger partial charge in [0.2, 0.25) is 5.88 Å². The summed E-state index contributed by atoms with van der Waals surface area (Å²) in [7, 11) is 0. The molecule has 1 aliphatic rings. The number of nitrogens with zero attached hydrogens (tertiary/aromatic N) is 3. The molecule has 1 saturated carbocycles. The molecule has 1 aliphatic carbocycles. The van der Waals surface area contributed by atoms with Gasteiger partial charge in [0.05, 0.1) is 0 Å². The number of aryl methyl sites for hydroxylation is 1. The molecule has 90 valence electrons. The third-order valence-corrected chi connectivity index (χ3v) is 3.64. The van der Waals surface area contributed by atoms with Crippen molar-refractivity contribution in [1.82, 2.24) is 14.5 Å². The first kappa shape index (κ1) is 10.6. The Labute approximate surface area is 100 Å². The van der Waals surface area contributed by atoms with Crippen LogP contribution in [0.15, 0.2) is 12.1 Å². The van der Waals surface area contributed by atoms with Crippen LogP contribution in [0.1, 0.15) is 44.0 Å². The molecule has 0 aromatic carbocycles. The maximum Gasteiger partial charge on any atom is 0.212 e. The van der Waals surface area contributed by atoms with Gasteiger partial charge in [-0.3, -0.25) is 0 Å². The van der Waals surface area contributed by atoms with E-state index in [-0.39, 0.29) is 5.88 Å². The van der Waals surface area contributed by atoms with Gasteiger partial charge in [0.15, 0.2) is 5.65 Å². The standard InChI is InChI=1S/C13H17N3O/c1-9-14-11-7-8-12(17)15-13(11)16(9)10-5-3-2-4-6-10/h7-8,10H,2-6H2,1H3,(H,15,17). The summed E-state index contributed by atoms with van der Waals surface area (Å²) in [5.74, 6) is 1.08. The molecule has 0 bridgehead atoms. The van der Waals surface area contributed by atoms with Gasteiger partial charge >= 0.3 is 0 Å². The number of rotatable bonds is 1. The van der Waals surface area contributed by atoms with Gasteiger partial charge in [-0.2, -0.15) is 4.98 Å². The average molecular weight is 231 g/mol. The Morgan fingerprint density at radius 3 is 2.71 bits per heavy atom. The SMILES string of the molecule is Cc1nc2ccc(O)nc2n1C1CCCCC1. The highest BCUT2D eigenvalue weighted by Gasteiger charge is 2.20. The third kappa shape index (κ3) is 1.77. The van der Waals surface area contributed by atoms with E-state index in [2.05, 4.69) is 14.5 Å². The molecule has 1 N–H and O–H groups in total. The summed E-state index contributed by atoms with van der Waals surface area (Å²) in [5.41, 5.74) is 1.71. The van der Waals surface area contributed by atoms with Crippen LogP contribution in [0.3, 0.4) is 0 Å². The Bertz CT molecular complexity index is 541. The molecular formula is C13H17N3O. The molecule has 4 nitrogen and oxygen atoms in total. The minimum Gasteiger partial charge on any atom is -0.493 e. The van der Waals surface area contributed by atoms with Crippen molar-refractivity contribution in [3.05, 3.63) is 18.0 Å².